The van der Waals surface area contributed by atoms with Gasteiger partial charge in [0.2, 0.25) is 5.88 Å². The molecule has 0 saturated carbocycles. The van der Waals surface area contributed by atoms with Crippen LogP contribution in [0.15, 0.2) is 72.8 Å². The normalized spacial score (nSPS) is 11.1. The van der Waals surface area contributed by atoms with Gasteiger partial charge in [0.25, 0.3) is 0 Å². The van der Waals surface area contributed by atoms with Crippen molar-refractivity contribution >= 4 is 27.8 Å². The molecule has 0 aliphatic rings. The van der Waals surface area contributed by atoms with E-state index < -0.39 is 0 Å². The number of imidazole rings is 1. The third-order valence-electron chi connectivity index (χ3n) is 5.45. The van der Waals surface area contributed by atoms with E-state index in [1.54, 1.807) is 12.1 Å². The maximum absolute atomic E-state index is 11.7. The SMILES string of the molecule is COC(=O)c1ccc(-c2nnc(OCc3nc4ccccc4n3C)c3ccccc23)cc1. The lowest BCUT2D eigenvalue weighted by Gasteiger charge is -2.11. The van der Waals surface area contributed by atoms with Crippen LogP contribution in [0.2, 0.25) is 0 Å². The Kier molecular flexibility index (Phi) is 4.99. The van der Waals surface area contributed by atoms with Crippen molar-refractivity contribution in [1.29, 1.82) is 0 Å². The highest BCUT2D eigenvalue weighted by molar-refractivity contribution is 5.97. The summed E-state index contributed by atoms with van der Waals surface area (Å²) < 4.78 is 12.8. The first kappa shape index (κ1) is 19.7. The topological polar surface area (TPSA) is 79.1 Å². The zero-order valence-electron chi connectivity index (χ0n) is 17.6. The fourth-order valence-corrected chi connectivity index (χ4v) is 3.74. The van der Waals surface area contributed by atoms with Crippen molar-refractivity contribution in [3.8, 4) is 17.1 Å². The van der Waals surface area contributed by atoms with E-state index in [1.165, 1.54) is 7.11 Å². The predicted octanol–water partition coefficient (Wildman–Crippen LogP) is 4.55. The second kappa shape index (κ2) is 8.11. The fraction of sp³-hybridized carbons (Fsp3) is 0.120. The van der Waals surface area contributed by atoms with Crippen LogP contribution in [0.25, 0.3) is 33.1 Å². The number of para-hydroxylation sites is 2. The number of aromatic nitrogens is 4. The van der Waals surface area contributed by atoms with Gasteiger partial charge in [-0.15, -0.1) is 10.2 Å². The molecule has 2 aromatic heterocycles. The fourth-order valence-electron chi connectivity index (χ4n) is 3.74. The Balaban J connectivity index is 1.48. The van der Waals surface area contributed by atoms with Gasteiger partial charge in [-0.3, -0.25) is 0 Å². The summed E-state index contributed by atoms with van der Waals surface area (Å²) in [4.78, 5) is 16.4. The summed E-state index contributed by atoms with van der Waals surface area (Å²) in [6.07, 6.45) is 0. The summed E-state index contributed by atoms with van der Waals surface area (Å²) in [7, 11) is 3.33. The number of hydrogen-bond acceptors (Lipinski definition) is 6. The van der Waals surface area contributed by atoms with Crippen molar-refractivity contribution in [2.45, 2.75) is 6.61 Å². The summed E-state index contributed by atoms with van der Waals surface area (Å²) in [6.45, 7) is 0.275. The van der Waals surface area contributed by atoms with E-state index in [0.29, 0.717) is 17.1 Å². The Morgan fingerprint density at radius 1 is 0.906 bits per heavy atom. The molecule has 5 rings (SSSR count). The first-order valence-electron chi connectivity index (χ1n) is 10.1. The monoisotopic (exact) mass is 424 g/mol. The van der Waals surface area contributed by atoms with Gasteiger partial charge < -0.3 is 14.0 Å². The first-order chi connectivity index (χ1) is 15.7. The summed E-state index contributed by atoms with van der Waals surface area (Å²) in [5, 5.41) is 10.6. The highest BCUT2D eigenvalue weighted by Gasteiger charge is 2.14. The van der Waals surface area contributed by atoms with Crippen molar-refractivity contribution in [3.05, 3.63) is 84.2 Å². The molecule has 0 N–H and O–H groups in total. The van der Waals surface area contributed by atoms with Gasteiger partial charge in [0.15, 0.2) is 0 Å². The van der Waals surface area contributed by atoms with E-state index in [-0.39, 0.29) is 12.6 Å². The second-order valence-electron chi connectivity index (χ2n) is 7.33. The molecular formula is C25H20N4O3. The molecule has 3 aromatic carbocycles. The van der Waals surface area contributed by atoms with Crippen molar-refractivity contribution in [1.82, 2.24) is 19.7 Å². The number of fused-ring (bicyclic) bond motifs is 2. The van der Waals surface area contributed by atoms with Crippen LogP contribution in [0.1, 0.15) is 16.2 Å². The largest absolute Gasteiger partial charge is 0.468 e. The molecule has 0 bridgehead atoms. The molecule has 7 nitrogen and oxygen atoms in total. The minimum Gasteiger partial charge on any atom is -0.468 e. The first-order valence-corrected chi connectivity index (χ1v) is 10.1. The molecule has 0 aliphatic heterocycles. The predicted molar refractivity (Wildman–Crippen MR) is 121 cm³/mol. The number of methoxy groups -OCH3 is 1. The summed E-state index contributed by atoms with van der Waals surface area (Å²) in [6, 6.07) is 22.9. The molecule has 0 unspecified atom stereocenters. The van der Waals surface area contributed by atoms with E-state index in [1.807, 2.05) is 72.3 Å². The molecule has 0 fully saturated rings. The van der Waals surface area contributed by atoms with E-state index in [0.717, 1.165) is 33.2 Å². The molecule has 158 valence electrons. The van der Waals surface area contributed by atoms with Crippen molar-refractivity contribution in [2.75, 3.05) is 7.11 Å². The molecule has 0 aliphatic carbocycles. The van der Waals surface area contributed by atoms with Crippen LogP contribution < -0.4 is 4.74 Å². The van der Waals surface area contributed by atoms with Crippen LogP contribution >= 0.6 is 0 Å². The van der Waals surface area contributed by atoms with Crippen LogP contribution in [0.5, 0.6) is 5.88 Å². The van der Waals surface area contributed by atoms with Gasteiger partial charge >= 0.3 is 5.97 Å². The summed E-state index contributed by atoms with van der Waals surface area (Å²) >= 11 is 0. The van der Waals surface area contributed by atoms with Gasteiger partial charge in [-0.2, -0.15) is 0 Å². The maximum atomic E-state index is 11.7. The van der Waals surface area contributed by atoms with E-state index >= 15 is 0 Å². The van der Waals surface area contributed by atoms with Crippen molar-refractivity contribution in [3.63, 3.8) is 0 Å². The lowest BCUT2D eigenvalue weighted by molar-refractivity contribution is 0.0601. The number of benzene rings is 3. The lowest BCUT2D eigenvalue weighted by Crippen LogP contribution is -2.06. The number of esters is 1. The second-order valence-corrected chi connectivity index (χ2v) is 7.33. The molecule has 0 amide bonds. The molecule has 0 spiro atoms. The number of nitrogens with zero attached hydrogens (tertiary/aromatic N) is 4. The minimum absolute atomic E-state index is 0.275. The lowest BCUT2D eigenvalue weighted by atomic mass is 10.0. The van der Waals surface area contributed by atoms with E-state index in [4.69, 9.17) is 9.47 Å². The number of ether oxygens (including phenoxy) is 2. The molecule has 0 radical (unpaired) electrons. The highest BCUT2D eigenvalue weighted by Crippen LogP contribution is 2.31. The van der Waals surface area contributed by atoms with Crippen LogP contribution in [-0.4, -0.2) is 32.8 Å². The maximum Gasteiger partial charge on any atom is 0.337 e. The zero-order valence-corrected chi connectivity index (χ0v) is 17.6. The Labute approximate surface area is 184 Å². The quantitative estimate of drug-likeness (QED) is 0.385. The van der Waals surface area contributed by atoms with Crippen molar-refractivity contribution in [2.24, 2.45) is 7.05 Å². The Bertz CT molecular complexity index is 1440. The number of carbonyl (C=O) groups excluding carboxylic acids is 1. The molecular weight excluding hydrogens is 404 g/mol. The molecule has 0 atom stereocenters. The van der Waals surface area contributed by atoms with Gasteiger partial charge in [0.05, 0.1) is 23.7 Å². The third-order valence-corrected chi connectivity index (χ3v) is 5.45. The van der Waals surface area contributed by atoms with Gasteiger partial charge in [0, 0.05) is 23.4 Å². The van der Waals surface area contributed by atoms with Crippen LogP contribution in [0.4, 0.5) is 0 Å². The van der Waals surface area contributed by atoms with Gasteiger partial charge in [-0.05, 0) is 30.3 Å². The number of rotatable bonds is 5. The molecule has 32 heavy (non-hydrogen) atoms. The average molecular weight is 424 g/mol. The van der Waals surface area contributed by atoms with Crippen molar-refractivity contribution < 1.29 is 14.3 Å². The average Bonchev–Trinajstić information content (AvgIpc) is 3.17. The summed E-state index contributed by atoms with van der Waals surface area (Å²) in [5.74, 6) is 0.875. The molecule has 5 aromatic rings. The molecule has 0 saturated heterocycles. The highest BCUT2D eigenvalue weighted by atomic mass is 16.5. The van der Waals surface area contributed by atoms with Crippen LogP contribution in [0.3, 0.4) is 0 Å². The number of hydrogen-bond donors (Lipinski definition) is 0. The Hall–Kier alpha value is -4.26. The van der Waals surface area contributed by atoms with Gasteiger partial charge in [-0.25, -0.2) is 9.78 Å². The molecule has 7 heteroatoms. The van der Waals surface area contributed by atoms with Gasteiger partial charge in [0.1, 0.15) is 18.1 Å². The zero-order chi connectivity index (χ0) is 22.1. The Morgan fingerprint density at radius 3 is 2.38 bits per heavy atom. The number of aryl methyl sites for hydroxylation is 1. The van der Waals surface area contributed by atoms with E-state index in [9.17, 15) is 4.79 Å². The van der Waals surface area contributed by atoms with Crippen LogP contribution in [-0.2, 0) is 18.4 Å². The van der Waals surface area contributed by atoms with E-state index in [2.05, 4.69) is 15.2 Å². The third kappa shape index (κ3) is 3.43. The summed E-state index contributed by atoms with van der Waals surface area (Å²) in [5.41, 5.74) is 4.02. The molecule has 2 heterocycles. The Morgan fingerprint density at radius 2 is 1.62 bits per heavy atom. The number of carbonyl (C=O) groups is 1. The van der Waals surface area contributed by atoms with Gasteiger partial charge in [-0.1, -0.05) is 42.5 Å². The van der Waals surface area contributed by atoms with Crippen LogP contribution in [0, 0.1) is 0 Å². The smallest absolute Gasteiger partial charge is 0.337 e. The standard InChI is InChI=1S/C25H20N4O3/c1-29-21-10-6-5-9-20(21)26-22(29)15-32-24-19-8-4-3-7-18(19)23(27-28-24)16-11-13-17(14-12-16)25(30)31-2/h3-14H,15H2,1-2H3. The minimum atomic E-state index is -0.377.